The minimum absolute atomic E-state index is 0.271. The van der Waals surface area contributed by atoms with Gasteiger partial charge in [-0.25, -0.2) is 0 Å². The number of hydrogen-bond acceptors (Lipinski definition) is 2. The second-order valence-electron chi connectivity index (χ2n) is 5.67. The van der Waals surface area contributed by atoms with E-state index in [1.165, 1.54) is 6.42 Å². The number of para-hydroxylation sites is 1. The van der Waals surface area contributed by atoms with Gasteiger partial charge < -0.3 is 10.2 Å². The highest BCUT2D eigenvalue weighted by Crippen LogP contribution is 2.46. The molecule has 1 aliphatic carbocycles. The van der Waals surface area contributed by atoms with E-state index >= 15 is 0 Å². The standard InChI is InChI=1S/C15H22O2/c1-10(2)12-8-5-9-13(14(12)16)15(3,17)11-6-4-7-11/h5,8-11,16-17H,4,6-7H2,1-3H3. The molecule has 0 amide bonds. The minimum Gasteiger partial charge on any atom is -0.507 e. The summed E-state index contributed by atoms with van der Waals surface area (Å²) >= 11 is 0. The highest BCUT2D eigenvalue weighted by molar-refractivity contribution is 5.45. The molecule has 2 nitrogen and oxygen atoms in total. The summed E-state index contributed by atoms with van der Waals surface area (Å²) in [5, 5.41) is 20.9. The molecule has 2 N–H and O–H groups in total. The summed E-state index contributed by atoms with van der Waals surface area (Å²) in [6.45, 7) is 5.93. The van der Waals surface area contributed by atoms with Crippen molar-refractivity contribution in [3.63, 3.8) is 0 Å². The first-order valence-electron chi connectivity index (χ1n) is 6.49. The molecule has 0 aromatic heterocycles. The molecule has 1 fully saturated rings. The van der Waals surface area contributed by atoms with Gasteiger partial charge in [-0.1, -0.05) is 38.5 Å². The molecule has 1 aliphatic rings. The molecule has 1 unspecified atom stereocenters. The van der Waals surface area contributed by atoms with Crippen LogP contribution < -0.4 is 0 Å². The van der Waals surface area contributed by atoms with Crippen LogP contribution in [0.1, 0.15) is 57.1 Å². The van der Waals surface area contributed by atoms with Crippen LogP contribution in [0.3, 0.4) is 0 Å². The number of hydrogen-bond donors (Lipinski definition) is 2. The summed E-state index contributed by atoms with van der Waals surface area (Å²) in [7, 11) is 0. The minimum atomic E-state index is -0.896. The topological polar surface area (TPSA) is 40.5 Å². The van der Waals surface area contributed by atoms with Crippen molar-refractivity contribution in [2.24, 2.45) is 5.92 Å². The summed E-state index contributed by atoms with van der Waals surface area (Å²) in [6, 6.07) is 5.71. The summed E-state index contributed by atoms with van der Waals surface area (Å²) in [4.78, 5) is 0. The zero-order valence-corrected chi connectivity index (χ0v) is 10.9. The van der Waals surface area contributed by atoms with Crippen LogP contribution in [0.15, 0.2) is 18.2 Å². The van der Waals surface area contributed by atoms with Gasteiger partial charge in [-0.05, 0) is 37.2 Å². The van der Waals surface area contributed by atoms with Crippen molar-refractivity contribution >= 4 is 0 Å². The lowest BCUT2D eigenvalue weighted by molar-refractivity contribution is -0.0415. The van der Waals surface area contributed by atoms with Crippen LogP contribution >= 0.6 is 0 Å². The van der Waals surface area contributed by atoms with Crippen LogP contribution in [-0.2, 0) is 5.60 Å². The van der Waals surface area contributed by atoms with Crippen LogP contribution in [0.5, 0.6) is 5.75 Å². The Kier molecular flexibility index (Phi) is 3.17. The first kappa shape index (κ1) is 12.4. The van der Waals surface area contributed by atoms with Crippen molar-refractivity contribution in [2.75, 3.05) is 0 Å². The Morgan fingerprint density at radius 1 is 1.29 bits per heavy atom. The van der Waals surface area contributed by atoms with Gasteiger partial charge in [0.15, 0.2) is 0 Å². The lowest BCUT2D eigenvalue weighted by Crippen LogP contribution is -2.36. The van der Waals surface area contributed by atoms with E-state index in [9.17, 15) is 10.2 Å². The molecule has 0 bridgehead atoms. The van der Waals surface area contributed by atoms with Crippen molar-refractivity contribution in [1.82, 2.24) is 0 Å². The predicted molar refractivity (Wildman–Crippen MR) is 69.1 cm³/mol. The molecule has 2 rings (SSSR count). The third-order valence-electron chi connectivity index (χ3n) is 4.13. The molecule has 2 heteroatoms. The number of phenols is 1. The Hall–Kier alpha value is -1.02. The molecule has 1 atom stereocenters. The number of phenolic OH excluding ortho intramolecular Hbond substituents is 1. The number of aromatic hydroxyl groups is 1. The van der Waals surface area contributed by atoms with Gasteiger partial charge in [-0.3, -0.25) is 0 Å². The summed E-state index contributed by atoms with van der Waals surface area (Å²) < 4.78 is 0. The van der Waals surface area contributed by atoms with E-state index in [2.05, 4.69) is 13.8 Å². The van der Waals surface area contributed by atoms with Gasteiger partial charge in [0.05, 0.1) is 5.60 Å². The van der Waals surface area contributed by atoms with Gasteiger partial charge >= 0.3 is 0 Å². The Bertz CT molecular complexity index is 403. The lowest BCUT2D eigenvalue weighted by Gasteiger charge is -2.39. The fourth-order valence-corrected chi connectivity index (χ4v) is 2.63. The van der Waals surface area contributed by atoms with Gasteiger partial charge in [0.25, 0.3) is 0 Å². The Morgan fingerprint density at radius 3 is 2.41 bits per heavy atom. The number of rotatable bonds is 3. The first-order chi connectivity index (χ1) is 7.94. The van der Waals surface area contributed by atoms with E-state index in [0.29, 0.717) is 5.56 Å². The zero-order valence-electron chi connectivity index (χ0n) is 10.9. The van der Waals surface area contributed by atoms with Crippen molar-refractivity contribution < 1.29 is 10.2 Å². The normalized spacial score (nSPS) is 20.1. The van der Waals surface area contributed by atoms with Crippen molar-refractivity contribution in [2.45, 2.75) is 51.6 Å². The van der Waals surface area contributed by atoms with Crippen molar-refractivity contribution in [3.8, 4) is 5.75 Å². The van der Waals surface area contributed by atoms with E-state index in [0.717, 1.165) is 18.4 Å². The largest absolute Gasteiger partial charge is 0.507 e. The Morgan fingerprint density at radius 2 is 1.94 bits per heavy atom. The maximum Gasteiger partial charge on any atom is 0.125 e. The van der Waals surface area contributed by atoms with E-state index in [-0.39, 0.29) is 17.6 Å². The average Bonchev–Trinajstić information content (AvgIpc) is 2.13. The third-order valence-corrected chi connectivity index (χ3v) is 4.13. The second kappa shape index (κ2) is 4.34. The van der Waals surface area contributed by atoms with Gasteiger partial charge in [0.2, 0.25) is 0 Å². The molecular weight excluding hydrogens is 212 g/mol. The quantitative estimate of drug-likeness (QED) is 0.840. The Labute approximate surface area is 103 Å². The maximum absolute atomic E-state index is 10.6. The molecule has 17 heavy (non-hydrogen) atoms. The van der Waals surface area contributed by atoms with E-state index in [4.69, 9.17) is 0 Å². The monoisotopic (exact) mass is 234 g/mol. The predicted octanol–water partition coefficient (Wildman–Crippen LogP) is 3.52. The zero-order chi connectivity index (χ0) is 12.6. The smallest absolute Gasteiger partial charge is 0.125 e. The molecule has 0 spiro atoms. The van der Waals surface area contributed by atoms with Crippen LogP contribution in [-0.4, -0.2) is 10.2 Å². The van der Waals surface area contributed by atoms with Crippen LogP contribution in [0.2, 0.25) is 0 Å². The molecule has 0 aliphatic heterocycles. The molecule has 1 aromatic carbocycles. The van der Waals surface area contributed by atoms with E-state index in [1.807, 2.05) is 25.1 Å². The molecular formula is C15H22O2. The lowest BCUT2D eigenvalue weighted by atomic mass is 9.70. The summed E-state index contributed by atoms with van der Waals surface area (Å²) in [6.07, 6.45) is 3.29. The fraction of sp³-hybridized carbons (Fsp3) is 0.600. The van der Waals surface area contributed by atoms with Crippen molar-refractivity contribution in [1.29, 1.82) is 0 Å². The van der Waals surface area contributed by atoms with E-state index in [1.54, 1.807) is 0 Å². The molecule has 0 radical (unpaired) electrons. The number of benzene rings is 1. The number of aliphatic hydroxyl groups is 1. The first-order valence-corrected chi connectivity index (χ1v) is 6.49. The van der Waals surface area contributed by atoms with Crippen molar-refractivity contribution in [3.05, 3.63) is 29.3 Å². The highest BCUT2D eigenvalue weighted by Gasteiger charge is 2.39. The van der Waals surface area contributed by atoms with Crippen LogP contribution in [0.25, 0.3) is 0 Å². The van der Waals surface area contributed by atoms with Gasteiger partial charge in [-0.2, -0.15) is 0 Å². The average molecular weight is 234 g/mol. The van der Waals surface area contributed by atoms with Gasteiger partial charge in [0.1, 0.15) is 5.75 Å². The Balaban J connectivity index is 2.41. The maximum atomic E-state index is 10.6. The highest BCUT2D eigenvalue weighted by atomic mass is 16.3. The molecule has 1 aromatic rings. The summed E-state index contributed by atoms with van der Waals surface area (Å²) in [5.74, 6) is 0.836. The molecule has 1 saturated carbocycles. The second-order valence-corrected chi connectivity index (χ2v) is 5.67. The molecule has 0 saturated heterocycles. The van der Waals surface area contributed by atoms with Crippen LogP contribution in [0, 0.1) is 5.92 Å². The van der Waals surface area contributed by atoms with Gasteiger partial charge in [0, 0.05) is 5.56 Å². The third kappa shape index (κ3) is 2.06. The van der Waals surface area contributed by atoms with E-state index < -0.39 is 5.60 Å². The summed E-state index contributed by atoms with van der Waals surface area (Å²) in [5.41, 5.74) is 0.711. The fourth-order valence-electron chi connectivity index (χ4n) is 2.63. The van der Waals surface area contributed by atoms with Crippen LogP contribution in [0.4, 0.5) is 0 Å². The molecule has 0 heterocycles. The molecule has 94 valence electrons. The van der Waals surface area contributed by atoms with Gasteiger partial charge in [-0.15, -0.1) is 0 Å². The SMILES string of the molecule is CC(C)c1cccc(C(C)(O)C2CCC2)c1O.